The molecule has 0 atom stereocenters. The Labute approximate surface area is 126 Å². The molecule has 0 heterocycles. The van der Waals surface area contributed by atoms with Crippen molar-refractivity contribution in [3.63, 3.8) is 0 Å². The molecule has 0 aliphatic carbocycles. The van der Waals surface area contributed by atoms with Crippen LogP contribution >= 0.6 is 34.8 Å². The van der Waals surface area contributed by atoms with Gasteiger partial charge in [0.25, 0.3) is 0 Å². The van der Waals surface area contributed by atoms with Gasteiger partial charge >= 0.3 is 0 Å². The third-order valence-corrected chi connectivity index (χ3v) is 3.41. The van der Waals surface area contributed by atoms with Gasteiger partial charge in [0.2, 0.25) is 0 Å². The Balaban J connectivity index is 2.24. The first-order valence-corrected chi connectivity index (χ1v) is 6.63. The second-order valence-electron chi connectivity index (χ2n) is 3.84. The van der Waals surface area contributed by atoms with E-state index >= 15 is 0 Å². The van der Waals surface area contributed by atoms with Crippen molar-refractivity contribution in [3.05, 3.63) is 74.7 Å². The van der Waals surface area contributed by atoms with Crippen molar-refractivity contribution in [1.82, 2.24) is 0 Å². The van der Waals surface area contributed by atoms with Crippen molar-refractivity contribution in [2.45, 2.75) is 0 Å². The normalized spacial score (nSPS) is 10.9. The van der Waals surface area contributed by atoms with E-state index in [0.29, 0.717) is 20.6 Å². The van der Waals surface area contributed by atoms with Crippen LogP contribution in [0.1, 0.15) is 15.9 Å². The maximum atomic E-state index is 12.0. The van der Waals surface area contributed by atoms with Crippen LogP contribution in [0.4, 0.5) is 0 Å². The van der Waals surface area contributed by atoms with Gasteiger partial charge in [0.05, 0.1) is 5.02 Å². The molecule has 0 saturated heterocycles. The van der Waals surface area contributed by atoms with Gasteiger partial charge in [0.1, 0.15) is 0 Å². The van der Waals surface area contributed by atoms with Crippen molar-refractivity contribution in [2.75, 3.05) is 0 Å². The third kappa shape index (κ3) is 3.60. The molecule has 2 aromatic rings. The maximum absolute atomic E-state index is 12.0. The Morgan fingerprint density at radius 2 is 1.68 bits per heavy atom. The van der Waals surface area contributed by atoms with Crippen LogP contribution in [0.15, 0.2) is 48.5 Å². The summed E-state index contributed by atoms with van der Waals surface area (Å²) in [6.07, 6.45) is 3.08. The van der Waals surface area contributed by atoms with Crippen LogP contribution < -0.4 is 0 Å². The number of halogens is 3. The molecule has 2 aromatic carbocycles. The van der Waals surface area contributed by atoms with Gasteiger partial charge in [-0.1, -0.05) is 53.0 Å². The minimum absolute atomic E-state index is 0.170. The molecule has 0 N–H and O–H groups in total. The van der Waals surface area contributed by atoms with E-state index < -0.39 is 0 Å². The summed E-state index contributed by atoms with van der Waals surface area (Å²) in [5, 5.41) is 1.48. The van der Waals surface area contributed by atoms with Gasteiger partial charge in [-0.25, -0.2) is 0 Å². The second kappa shape index (κ2) is 6.25. The van der Waals surface area contributed by atoms with Crippen molar-refractivity contribution in [3.8, 4) is 0 Å². The zero-order chi connectivity index (χ0) is 13.8. The average molecular weight is 312 g/mol. The van der Waals surface area contributed by atoms with Gasteiger partial charge in [-0.2, -0.15) is 0 Å². The predicted octanol–water partition coefficient (Wildman–Crippen LogP) is 5.54. The average Bonchev–Trinajstić information content (AvgIpc) is 2.38. The van der Waals surface area contributed by atoms with E-state index in [1.165, 1.54) is 6.08 Å². The molecule has 4 heteroatoms. The highest BCUT2D eigenvalue weighted by Gasteiger charge is 2.06. The van der Waals surface area contributed by atoms with Crippen LogP contribution in [0.3, 0.4) is 0 Å². The number of hydrogen-bond acceptors (Lipinski definition) is 1. The maximum Gasteiger partial charge on any atom is 0.187 e. The van der Waals surface area contributed by atoms with E-state index in [9.17, 15) is 4.79 Å². The lowest BCUT2D eigenvalue weighted by Crippen LogP contribution is -1.94. The Morgan fingerprint density at radius 3 is 2.37 bits per heavy atom. The lowest BCUT2D eigenvalue weighted by molar-refractivity contribution is 0.104. The van der Waals surface area contributed by atoms with Crippen molar-refractivity contribution in [1.29, 1.82) is 0 Å². The molecule has 0 saturated carbocycles. The van der Waals surface area contributed by atoms with E-state index in [1.54, 1.807) is 48.5 Å². The first-order chi connectivity index (χ1) is 9.08. The molecule has 0 fully saturated rings. The minimum atomic E-state index is -0.170. The Hall–Kier alpha value is -1.28. The summed E-state index contributed by atoms with van der Waals surface area (Å²) in [6, 6.07) is 12.0. The zero-order valence-electron chi connectivity index (χ0n) is 9.74. The first-order valence-electron chi connectivity index (χ1n) is 5.50. The largest absolute Gasteiger partial charge is 0.289 e. The summed E-state index contributed by atoms with van der Waals surface area (Å²) in [5.41, 5.74) is 1.19. The zero-order valence-corrected chi connectivity index (χ0v) is 12.0. The number of ketones is 1. The van der Waals surface area contributed by atoms with Crippen LogP contribution in [0.5, 0.6) is 0 Å². The lowest BCUT2D eigenvalue weighted by atomic mass is 10.1. The molecule has 0 spiro atoms. The molecule has 19 heavy (non-hydrogen) atoms. The topological polar surface area (TPSA) is 17.1 Å². The van der Waals surface area contributed by atoms with Gasteiger partial charge in [-0.3, -0.25) is 4.79 Å². The second-order valence-corrected chi connectivity index (χ2v) is 5.09. The van der Waals surface area contributed by atoms with E-state index in [0.717, 1.165) is 5.56 Å². The third-order valence-electron chi connectivity index (χ3n) is 2.52. The van der Waals surface area contributed by atoms with Crippen LogP contribution in [-0.2, 0) is 0 Å². The Morgan fingerprint density at radius 1 is 0.947 bits per heavy atom. The highest BCUT2D eigenvalue weighted by Crippen LogP contribution is 2.22. The molecule has 96 valence electrons. The van der Waals surface area contributed by atoms with Crippen LogP contribution in [0, 0.1) is 0 Å². The summed E-state index contributed by atoms with van der Waals surface area (Å²) in [5.74, 6) is -0.170. The van der Waals surface area contributed by atoms with E-state index in [4.69, 9.17) is 34.8 Å². The molecule has 2 rings (SSSR count). The molecular weight excluding hydrogens is 303 g/mol. The molecule has 0 aliphatic rings. The summed E-state index contributed by atoms with van der Waals surface area (Å²) in [4.78, 5) is 12.0. The molecule has 1 nitrogen and oxygen atoms in total. The predicted molar refractivity (Wildman–Crippen MR) is 81.3 cm³/mol. The van der Waals surface area contributed by atoms with E-state index in [-0.39, 0.29) is 5.78 Å². The smallest absolute Gasteiger partial charge is 0.187 e. The minimum Gasteiger partial charge on any atom is -0.289 e. The fraction of sp³-hybridized carbons (Fsp3) is 0. The molecule has 0 amide bonds. The summed E-state index contributed by atoms with van der Waals surface area (Å²) in [6.45, 7) is 0. The highest BCUT2D eigenvalue weighted by atomic mass is 35.5. The molecule has 0 radical (unpaired) electrons. The number of carbonyl (C=O) groups excluding carboxylic acids is 1. The number of carbonyl (C=O) groups is 1. The molecule has 0 aromatic heterocycles. The SMILES string of the molecule is O=C(C=Cc1ccc(Cl)cc1Cl)c1ccccc1Cl. The standard InChI is InChI=1S/C15H9Cl3O/c16-11-7-5-10(14(18)9-11)6-8-15(19)12-3-1-2-4-13(12)17/h1-9H. The number of hydrogen-bond donors (Lipinski definition) is 0. The van der Waals surface area contributed by atoms with Crippen LogP contribution in [0.2, 0.25) is 15.1 Å². The fourth-order valence-electron chi connectivity index (χ4n) is 1.55. The highest BCUT2D eigenvalue weighted by molar-refractivity contribution is 6.36. The number of allylic oxidation sites excluding steroid dienone is 1. The molecular formula is C15H9Cl3O. The molecule has 0 unspecified atom stereocenters. The van der Waals surface area contributed by atoms with Crippen LogP contribution in [0.25, 0.3) is 6.08 Å². The summed E-state index contributed by atoms with van der Waals surface area (Å²) >= 11 is 17.8. The van der Waals surface area contributed by atoms with Crippen molar-refractivity contribution in [2.24, 2.45) is 0 Å². The van der Waals surface area contributed by atoms with Gasteiger partial charge in [-0.05, 0) is 42.0 Å². The summed E-state index contributed by atoms with van der Waals surface area (Å²) in [7, 11) is 0. The van der Waals surface area contributed by atoms with Gasteiger partial charge in [0.15, 0.2) is 5.78 Å². The summed E-state index contributed by atoms with van der Waals surface area (Å²) < 4.78 is 0. The quantitative estimate of drug-likeness (QED) is 0.537. The van der Waals surface area contributed by atoms with E-state index in [1.807, 2.05) is 0 Å². The van der Waals surface area contributed by atoms with E-state index in [2.05, 4.69) is 0 Å². The number of rotatable bonds is 3. The van der Waals surface area contributed by atoms with Gasteiger partial charge in [-0.15, -0.1) is 0 Å². The van der Waals surface area contributed by atoms with Gasteiger partial charge < -0.3 is 0 Å². The number of benzene rings is 2. The Kier molecular flexibility index (Phi) is 4.65. The Bertz CT molecular complexity index is 648. The first kappa shape index (κ1) is 14.1. The van der Waals surface area contributed by atoms with Crippen LogP contribution in [-0.4, -0.2) is 5.78 Å². The van der Waals surface area contributed by atoms with Gasteiger partial charge in [0, 0.05) is 15.6 Å². The van der Waals surface area contributed by atoms with Crippen molar-refractivity contribution >= 4 is 46.7 Å². The van der Waals surface area contributed by atoms with Crippen molar-refractivity contribution < 1.29 is 4.79 Å². The monoisotopic (exact) mass is 310 g/mol. The fourth-order valence-corrected chi connectivity index (χ4v) is 2.25. The lowest BCUT2D eigenvalue weighted by Gasteiger charge is -2.00. The molecule has 0 bridgehead atoms. The molecule has 0 aliphatic heterocycles.